The number of carboxylic acid groups (broad SMARTS) is 1. The number of phenols is 1. The standard InChI is InChI=1S/C26H35NO8/c1-14-9-16(10-15(2)23(14)30)20-12-19-22-18(11-17(13-34-3)26(19,33)35-20)24(31)27(25(22)32)8-6-4-5-7-21(28)29/h9-10,17-20,22,30,33H,4-8,11-13H2,1-3H3,(H,28,29)/t17-,18+,19+,20+,22+,26-/m1/s1. The number of amides is 2. The van der Waals surface area contributed by atoms with E-state index >= 15 is 0 Å². The van der Waals surface area contributed by atoms with Gasteiger partial charge in [-0.3, -0.25) is 19.3 Å². The summed E-state index contributed by atoms with van der Waals surface area (Å²) in [5.41, 5.74) is 2.23. The van der Waals surface area contributed by atoms with Gasteiger partial charge in [-0.05, 0) is 68.4 Å². The van der Waals surface area contributed by atoms with Crippen LogP contribution in [0.4, 0.5) is 0 Å². The zero-order valence-electron chi connectivity index (χ0n) is 20.5. The SMILES string of the molecule is COC[C@H]1C[C@@H]2C(=O)N(CCCCCC(=O)O)C(=O)[C@@H]2[C@@H]2C[C@@H](c3cc(C)c(O)c(C)c3)O[C@]12O. The number of unbranched alkanes of at least 4 members (excludes halogenated alkanes) is 2. The van der Waals surface area contributed by atoms with E-state index in [1.807, 2.05) is 12.1 Å². The summed E-state index contributed by atoms with van der Waals surface area (Å²) in [6, 6.07) is 3.67. The van der Waals surface area contributed by atoms with E-state index in [9.17, 15) is 24.6 Å². The molecular weight excluding hydrogens is 454 g/mol. The Bertz CT molecular complexity index is 986. The quantitative estimate of drug-likeness (QED) is 0.356. The number of carboxylic acids is 1. The summed E-state index contributed by atoms with van der Waals surface area (Å²) in [4.78, 5) is 38.7. The molecule has 4 rings (SSSR count). The molecule has 2 aliphatic heterocycles. The molecule has 3 aliphatic rings. The number of aromatic hydroxyl groups is 1. The molecule has 1 aliphatic carbocycles. The second-order valence-electron chi connectivity index (χ2n) is 10.3. The fourth-order valence-corrected chi connectivity index (χ4v) is 6.27. The average Bonchev–Trinajstić information content (AvgIpc) is 3.27. The summed E-state index contributed by atoms with van der Waals surface area (Å²) in [6.45, 7) is 4.07. The Morgan fingerprint density at radius 2 is 1.83 bits per heavy atom. The molecule has 0 radical (unpaired) electrons. The van der Waals surface area contributed by atoms with Crippen LogP contribution in [0.3, 0.4) is 0 Å². The lowest BCUT2D eigenvalue weighted by molar-refractivity contribution is -0.275. The van der Waals surface area contributed by atoms with E-state index in [1.165, 1.54) is 12.0 Å². The van der Waals surface area contributed by atoms with Gasteiger partial charge in [0.05, 0.1) is 24.5 Å². The number of rotatable bonds is 9. The molecule has 35 heavy (non-hydrogen) atoms. The Morgan fingerprint density at radius 3 is 2.46 bits per heavy atom. The van der Waals surface area contributed by atoms with Crippen LogP contribution in [0.5, 0.6) is 5.75 Å². The molecule has 6 atom stereocenters. The van der Waals surface area contributed by atoms with Crippen LogP contribution in [0.2, 0.25) is 0 Å². The molecule has 1 aromatic carbocycles. The Labute approximate surface area is 205 Å². The number of aliphatic carboxylic acids is 1. The van der Waals surface area contributed by atoms with E-state index in [1.54, 1.807) is 13.8 Å². The van der Waals surface area contributed by atoms with Crippen molar-refractivity contribution in [1.29, 1.82) is 0 Å². The smallest absolute Gasteiger partial charge is 0.303 e. The number of hydrogen-bond donors (Lipinski definition) is 3. The summed E-state index contributed by atoms with van der Waals surface area (Å²) in [5.74, 6) is -4.96. The van der Waals surface area contributed by atoms with Crippen molar-refractivity contribution >= 4 is 17.8 Å². The summed E-state index contributed by atoms with van der Waals surface area (Å²) in [7, 11) is 1.54. The van der Waals surface area contributed by atoms with Gasteiger partial charge in [0, 0.05) is 31.9 Å². The van der Waals surface area contributed by atoms with E-state index in [4.69, 9.17) is 14.6 Å². The first-order valence-corrected chi connectivity index (χ1v) is 12.3. The predicted molar refractivity (Wildman–Crippen MR) is 124 cm³/mol. The zero-order chi connectivity index (χ0) is 25.5. The predicted octanol–water partition coefficient (Wildman–Crippen LogP) is 2.69. The van der Waals surface area contributed by atoms with Crippen LogP contribution in [0.15, 0.2) is 12.1 Å². The number of methoxy groups -OCH3 is 1. The van der Waals surface area contributed by atoms with Gasteiger partial charge in [0.15, 0.2) is 5.79 Å². The number of likely N-dealkylation sites (tertiary alicyclic amines) is 1. The second-order valence-corrected chi connectivity index (χ2v) is 10.3. The number of carbonyl (C=O) groups is 3. The maximum atomic E-state index is 13.4. The molecule has 2 heterocycles. The van der Waals surface area contributed by atoms with Crippen molar-refractivity contribution in [2.24, 2.45) is 23.7 Å². The third kappa shape index (κ3) is 4.57. The first-order chi connectivity index (χ1) is 16.6. The lowest BCUT2D eigenvalue weighted by Crippen LogP contribution is -2.54. The van der Waals surface area contributed by atoms with Gasteiger partial charge < -0.3 is 24.8 Å². The van der Waals surface area contributed by atoms with Gasteiger partial charge in [0.25, 0.3) is 0 Å². The number of carbonyl (C=O) groups excluding carboxylic acids is 2. The molecule has 2 amide bonds. The molecule has 0 spiro atoms. The van der Waals surface area contributed by atoms with E-state index in [2.05, 4.69) is 0 Å². The van der Waals surface area contributed by atoms with Crippen LogP contribution >= 0.6 is 0 Å². The highest BCUT2D eigenvalue weighted by Crippen LogP contribution is 2.58. The largest absolute Gasteiger partial charge is 0.507 e. The van der Waals surface area contributed by atoms with Crippen LogP contribution in [-0.4, -0.2) is 64.1 Å². The molecule has 2 saturated heterocycles. The molecule has 192 valence electrons. The van der Waals surface area contributed by atoms with E-state index in [0.717, 1.165) is 5.56 Å². The van der Waals surface area contributed by atoms with Gasteiger partial charge in [0.2, 0.25) is 11.8 Å². The lowest BCUT2D eigenvalue weighted by atomic mass is 9.64. The maximum Gasteiger partial charge on any atom is 0.303 e. The number of imide groups is 1. The van der Waals surface area contributed by atoms with E-state index in [-0.39, 0.29) is 37.1 Å². The van der Waals surface area contributed by atoms with Gasteiger partial charge in [-0.1, -0.05) is 6.42 Å². The number of ether oxygens (including phenoxy) is 2. The van der Waals surface area contributed by atoms with Gasteiger partial charge in [-0.25, -0.2) is 0 Å². The van der Waals surface area contributed by atoms with Crippen LogP contribution in [0, 0.1) is 37.5 Å². The maximum absolute atomic E-state index is 13.4. The Balaban J connectivity index is 1.57. The molecule has 0 bridgehead atoms. The molecule has 1 saturated carbocycles. The van der Waals surface area contributed by atoms with Crippen LogP contribution in [-0.2, 0) is 23.9 Å². The topological polar surface area (TPSA) is 134 Å². The van der Waals surface area contributed by atoms with Crippen LogP contribution < -0.4 is 0 Å². The highest BCUT2D eigenvalue weighted by molar-refractivity contribution is 6.05. The van der Waals surface area contributed by atoms with Crippen molar-refractivity contribution in [3.05, 3.63) is 28.8 Å². The van der Waals surface area contributed by atoms with Crippen LogP contribution in [0.1, 0.15) is 61.3 Å². The number of phenolic OH excluding ortho intramolecular Hbond substituents is 1. The summed E-state index contributed by atoms with van der Waals surface area (Å²) in [6.07, 6.45) is 1.93. The van der Waals surface area contributed by atoms with Crippen molar-refractivity contribution in [3.63, 3.8) is 0 Å². The summed E-state index contributed by atoms with van der Waals surface area (Å²) < 4.78 is 11.6. The third-order valence-electron chi connectivity index (χ3n) is 7.98. The first-order valence-electron chi connectivity index (χ1n) is 12.3. The van der Waals surface area contributed by atoms with E-state index in [0.29, 0.717) is 43.2 Å². The molecule has 3 fully saturated rings. The normalized spacial score (nSPS) is 32.1. The van der Waals surface area contributed by atoms with Gasteiger partial charge in [0.1, 0.15) is 5.75 Å². The van der Waals surface area contributed by atoms with Gasteiger partial charge in [-0.2, -0.15) is 0 Å². The van der Waals surface area contributed by atoms with Crippen molar-refractivity contribution < 1.29 is 39.2 Å². The van der Waals surface area contributed by atoms with E-state index < -0.39 is 41.5 Å². The Kier molecular flexibility index (Phi) is 7.22. The fourth-order valence-electron chi connectivity index (χ4n) is 6.27. The minimum absolute atomic E-state index is 0.0654. The second kappa shape index (κ2) is 9.87. The minimum Gasteiger partial charge on any atom is -0.507 e. The zero-order valence-corrected chi connectivity index (χ0v) is 20.5. The molecule has 9 nitrogen and oxygen atoms in total. The minimum atomic E-state index is -1.60. The van der Waals surface area contributed by atoms with Crippen molar-refractivity contribution in [3.8, 4) is 5.75 Å². The molecular formula is C26H35NO8. The number of aliphatic hydroxyl groups is 1. The van der Waals surface area contributed by atoms with Crippen LogP contribution in [0.25, 0.3) is 0 Å². The van der Waals surface area contributed by atoms with Gasteiger partial charge in [-0.15, -0.1) is 0 Å². The molecule has 0 aromatic heterocycles. The molecule has 3 N–H and O–H groups in total. The molecule has 1 aromatic rings. The Morgan fingerprint density at radius 1 is 1.14 bits per heavy atom. The highest BCUT2D eigenvalue weighted by atomic mass is 16.6. The lowest BCUT2D eigenvalue weighted by Gasteiger charge is -2.44. The summed E-state index contributed by atoms with van der Waals surface area (Å²) >= 11 is 0. The number of hydrogen-bond acceptors (Lipinski definition) is 7. The summed E-state index contributed by atoms with van der Waals surface area (Å²) in [5, 5.41) is 30.7. The number of aryl methyl sites for hydroxylation is 2. The molecule has 0 unspecified atom stereocenters. The Hall–Kier alpha value is -2.49. The first kappa shape index (κ1) is 25.6. The van der Waals surface area contributed by atoms with Crippen molar-refractivity contribution in [1.82, 2.24) is 4.90 Å². The number of nitrogens with zero attached hydrogens (tertiary/aromatic N) is 1. The molecule has 9 heteroatoms. The average molecular weight is 490 g/mol. The number of benzene rings is 1. The third-order valence-corrected chi connectivity index (χ3v) is 7.98. The van der Waals surface area contributed by atoms with Crippen molar-refractivity contribution in [2.45, 2.75) is 64.3 Å². The van der Waals surface area contributed by atoms with Gasteiger partial charge >= 0.3 is 5.97 Å². The fraction of sp³-hybridized carbons (Fsp3) is 0.654. The monoisotopic (exact) mass is 489 g/mol. The van der Waals surface area contributed by atoms with Crippen molar-refractivity contribution in [2.75, 3.05) is 20.3 Å². The number of fused-ring (bicyclic) bond motifs is 3. The highest BCUT2D eigenvalue weighted by Gasteiger charge is 2.66.